The predicted octanol–water partition coefficient (Wildman–Crippen LogP) is 1.46. The summed E-state index contributed by atoms with van der Waals surface area (Å²) in [5.41, 5.74) is 0. The monoisotopic (exact) mass is 260 g/mol. The summed E-state index contributed by atoms with van der Waals surface area (Å²) in [6.07, 6.45) is 4.23. The van der Waals surface area contributed by atoms with E-state index in [9.17, 15) is 4.21 Å². The molecule has 0 aromatic heterocycles. The summed E-state index contributed by atoms with van der Waals surface area (Å²) in [6.45, 7) is 10.2. The molecule has 1 aliphatic rings. The van der Waals surface area contributed by atoms with Crippen LogP contribution in [0.2, 0.25) is 0 Å². The molecule has 4 heteroatoms. The molecule has 0 spiro atoms. The van der Waals surface area contributed by atoms with E-state index in [2.05, 4.69) is 31.0 Å². The van der Waals surface area contributed by atoms with Crippen molar-refractivity contribution in [2.75, 3.05) is 31.6 Å². The molecule has 1 rings (SSSR count). The van der Waals surface area contributed by atoms with Gasteiger partial charge in [0.25, 0.3) is 0 Å². The van der Waals surface area contributed by atoms with Crippen LogP contribution in [-0.2, 0) is 10.8 Å². The van der Waals surface area contributed by atoms with Crippen molar-refractivity contribution in [2.45, 2.75) is 45.7 Å². The van der Waals surface area contributed by atoms with Gasteiger partial charge in [-0.05, 0) is 38.8 Å². The second-order valence-electron chi connectivity index (χ2n) is 5.41. The Bertz CT molecular complexity index is 248. The van der Waals surface area contributed by atoms with E-state index in [1.165, 1.54) is 12.8 Å². The van der Waals surface area contributed by atoms with E-state index >= 15 is 0 Å². The molecule has 0 saturated carbocycles. The van der Waals surface area contributed by atoms with E-state index in [1.54, 1.807) is 6.26 Å². The zero-order valence-electron chi connectivity index (χ0n) is 11.7. The lowest BCUT2D eigenvalue weighted by Gasteiger charge is -2.40. The van der Waals surface area contributed by atoms with Crippen LogP contribution in [0.5, 0.6) is 0 Å². The van der Waals surface area contributed by atoms with Crippen LogP contribution in [-0.4, -0.2) is 52.8 Å². The van der Waals surface area contributed by atoms with Gasteiger partial charge in [0.15, 0.2) is 0 Å². The molecule has 0 aromatic rings. The summed E-state index contributed by atoms with van der Waals surface area (Å²) >= 11 is 0. The lowest BCUT2D eigenvalue weighted by Crippen LogP contribution is -2.51. The number of likely N-dealkylation sites (tertiary alicyclic amines) is 1. The first kappa shape index (κ1) is 15.1. The molecule has 17 heavy (non-hydrogen) atoms. The minimum atomic E-state index is -0.679. The van der Waals surface area contributed by atoms with Crippen molar-refractivity contribution in [1.82, 2.24) is 10.2 Å². The highest BCUT2D eigenvalue weighted by atomic mass is 32.2. The van der Waals surface area contributed by atoms with Gasteiger partial charge < -0.3 is 5.32 Å². The molecule has 1 N–H and O–H groups in total. The van der Waals surface area contributed by atoms with Crippen LogP contribution in [0.3, 0.4) is 0 Å². The normalized spacial score (nSPS) is 30.1. The van der Waals surface area contributed by atoms with Crippen LogP contribution in [0.4, 0.5) is 0 Å². The zero-order chi connectivity index (χ0) is 12.8. The summed E-state index contributed by atoms with van der Waals surface area (Å²) in [4.78, 5) is 2.50. The van der Waals surface area contributed by atoms with Gasteiger partial charge in [0.1, 0.15) is 0 Å². The van der Waals surface area contributed by atoms with Gasteiger partial charge >= 0.3 is 0 Å². The average Bonchev–Trinajstić information content (AvgIpc) is 2.26. The van der Waals surface area contributed by atoms with Crippen LogP contribution >= 0.6 is 0 Å². The Morgan fingerprint density at radius 3 is 2.76 bits per heavy atom. The van der Waals surface area contributed by atoms with Crippen LogP contribution in [0, 0.1) is 5.92 Å². The van der Waals surface area contributed by atoms with E-state index in [1.807, 2.05) is 0 Å². The Hall–Kier alpha value is 0.0700. The van der Waals surface area contributed by atoms with Crippen molar-refractivity contribution >= 4 is 10.8 Å². The van der Waals surface area contributed by atoms with Gasteiger partial charge in [0, 0.05) is 41.4 Å². The highest BCUT2D eigenvalue weighted by Crippen LogP contribution is 2.19. The van der Waals surface area contributed by atoms with Gasteiger partial charge in [0.05, 0.1) is 0 Å². The Morgan fingerprint density at radius 1 is 1.53 bits per heavy atom. The first-order valence-corrected chi connectivity index (χ1v) is 8.54. The lowest BCUT2D eigenvalue weighted by molar-refractivity contribution is 0.120. The van der Waals surface area contributed by atoms with Crippen LogP contribution in [0.25, 0.3) is 0 Å². The molecule has 0 amide bonds. The van der Waals surface area contributed by atoms with Gasteiger partial charge in [-0.1, -0.05) is 13.8 Å². The molecule has 1 fully saturated rings. The van der Waals surface area contributed by atoms with Gasteiger partial charge in [0.2, 0.25) is 0 Å². The van der Waals surface area contributed by atoms with E-state index < -0.39 is 10.8 Å². The average molecular weight is 260 g/mol. The van der Waals surface area contributed by atoms with Gasteiger partial charge in [-0.25, -0.2) is 0 Å². The molecule has 4 unspecified atom stereocenters. The largest absolute Gasteiger partial charge is 0.314 e. The molecule has 3 nitrogen and oxygen atoms in total. The maximum atomic E-state index is 11.3. The second kappa shape index (κ2) is 7.49. The SMILES string of the molecule is CCCNC1CCN(C(C)CS(C)=O)CC1C. The molecule has 1 saturated heterocycles. The van der Waals surface area contributed by atoms with Crippen LogP contribution in [0.1, 0.15) is 33.6 Å². The summed E-state index contributed by atoms with van der Waals surface area (Å²) in [5.74, 6) is 1.50. The maximum absolute atomic E-state index is 11.3. The molecule has 1 aliphatic heterocycles. The smallest absolute Gasteiger partial charge is 0.0385 e. The number of hydrogen-bond donors (Lipinski definition) is 1. The van der Waals surface area contributed by atoms with Gasteiger partial charge in [-0.3, -0.25) is 9.11 Å². The zero-order valence-corrected chi connectivity index (χ0v) is 12.6. The third-order valence-electron chi connectivity index (χ3n) is 3.69. The van der Waals surface area contributed by atoms with E-state index in [4.69, 9.17) is 0 Å². The van der Waals surface area contributed by atoms with Crippen molar-refractivity contribution in [2.24, 2.45) is 5.92 Å². The molecular weight excluding hydrogens is 232 g/mol. The summed E-state index contributed by atoms with van der Waals surface area (Å²) < 4.78 is 11.3. The van der Waals surface area contributed by atoms with Crippen molar-refractivity contribution < 1.29 is 4.21 Å². The predicted molar refractivity (Wildman–Crippen MR) is 75.8 cm³/mol. The van der Waals surface area contributed by atoms with E-state index in [-0.39, 0.29) is 0 Å². The van der Waals surface area contributed by atoms with Crippen LogP contribution < -0.4 is 5.32 Å². The van der Waals surface area contributed by atoms with Crippen molar-refractivity contribution in [3.05, 3.63) is 0 Å². The minimum absolute atomic E-state index is 0.454. The Balaban J connectivity index is 2.37. The van der Waals surface area contributed by atoms with E-state index in [0.717, 1.165) is 25.4 Å². The Labute approximate surface area is 109 Å². The first-order valence-electron chi connectivity index (χ1n) is 6.82. The van der Waals surface area contributed by atoms with Crippen LogP contribution in [0.15, 0.2) is 0 Å². The quantitative estimate of drug-likeness (QED) is 0.785. The second-order valence-corrected chi connectivity index (χ2v) is 6.89. The lowest BCUT2D eigenvalue weighted by atomic mass is 9.93. The highest BCUT2D eigenvalue weighted by Gasteiger charge is 2.28. The molecule has 0 radical (unpaired) electrons. The number of rotatable bonds is 6. The Kier molecular flexibility index (Phi) is 6.67. The molecule has 1 heterocycles. The third kappa shape index (κ3) is 5.06. The topological polar surface area (TPSA) is 32.3 Å². The number of nitrogens with zero attached hydrogens (tertiary/aromatic N) is 1. The molecule has 0 aliphatic carbocycles. The molecule has 0 aromatic carbocycles. The third-order valence-corrected chi connectivity index (χ3v) is 4.64. The fraction of sp³-hybridized carbons (Fsp3) is 1.00. The van der Waals surface area contributed by atoms with Crippen molar-refractivity contribution in [3.63, 3.8) is 0 Å². The maximum Gasteiger partial charge on any atom is 0.0385 e. The number of hydrogen-bond acceptors (Lipinski definition) is 3. The summed E-state index contributed by atoms with van der Waals surface area (Å²) in [6, 6.07) is 1.13. The fourth-order valence-corrected chi connectivity index (χ4v) is 3.55. The molecule has 4 atom stereocenters. The fourth-order valence-electron chi connectivity index (χ4n) is 2.66. The molecule has 102 valence electrons. The first-order chi connectivity index (χ1) is 8.04. The van der Waals surface area contributed by atoms with Crippen molar-refractivity contribution in [3.8, 4) is 0 Å². The standard InChI is InChI=1S/C13H28N2OS/c1-5-7-14-13-6-8-15(9-11(13)2)12(3)10-17(4)16/h11-14H,5-10H2,1-4H3. The number of piperidine rings is 1. The van der Waals surface area contributed by atoms with Gasteiger partial charge in [-0.15, -0.1) is 0 Å². The van der Waals surface area contributed by atoms with Crippen molar-refractivity contribution in [1.29, 1.82) is 0 Å². The number of nitrogens with one attached hydrogen (secondary N) is 1. The van der Waals surface area contributed by atoms with Gasteiger partial charge in [-0.2, -0.15) is 0 Å². The van der Waals surface area contributed by atoms with E-state index in [0.29, 0.717) is 18.0 Å². The highest BCUT2D eigenvalue weighted by molar-refractivity contribution is 7.84. The molecular formula is C13H28N2OS. The molecule has 0 bridgehead atoms. The summed E-state index contributed by atoms with van der Waals surface area (Å²) in [5, 5.41) is 3.63. The Morgan fingerprint density at radius 2 is 2.24 bits per heavy atom. The summed E-state index contributed by atoms with van der Waals surface area (Å²) in [7, 11) is -0.679. The minimum Gasteiger partial charge on any atom is -0.314 e.